The molecule has 0 amide bonds. The second kappa shape index (κ2) is 4.95. The third-order valence-electron chi connectivity index (χ3n) is 3.82. The molecule has 0 saturated heterocycles. The summed E-state index contributed by atoms with van der Waals surface area (Å²) in [7, 11) is 6.11. The molecule has 21 heavy (non-hydrogen) atoms. The van der Waals surface area contributed by atoms with Gasteiger partial charge in [-0.2, -0.15) is 0 Å². The minimum Gasteiger partial charge on any atom is -0.303 e. The van der Waals surface area contributed by atoms with Crippen molar-refractivity contribution >= 4 is 13.3 Å². The first-order valence-corrected chi connectivity index (χ1v) is 7.05. The van der Waals surface area contributed by atoms with Crippen LogP contribution in [-0.2, 0) is 0 Å². The highest BCUT2D eigenvalue weighted by Gasteiger charge is 2.10. The number of hydrogen-bond acceptors (Lipinski definition) is 1. The fraction of sp³-hybridized carbons (Fsp3) is 0.235. The predicted molar refractivity (Wildman–Crippen MR) is 87.2 cm³/mol. The molecule has 0 N–H and O–H groups in total. The van der Waals surface area contributed by atoms with Gasteiger partial charge in [0.2, 0.25) is 0 Å². The van der Waals surface area contributed by atoms with Crippen molar-refractivity contribution in [2.24, 2.45) is 0 Å². The molecule has 2 radical (unpaired) electrons. The van der Waals surface area contributed by atoms with Crippen molar-refractivity contribution < 1.29 is 0 Å². The van der Waals surface area contributed by atoms with Crippen molar-refractivity contribution in [3.63, 3.8) is 0 Å². The fourth-order valence-corrected chi connectivity index (χ4v) is 2.81. The van der Waals surface area contributed by atoms with E-state index in [4.69, 9.17) is 12.8 Å². The van der Waals surface area contributed by atoms with Crippen LogP contribution in [0.5, 0.6) is 0 Å². The second-order valence-corrected chi connectivity index (χ2v) is 5.52. The van der Waals surface area contributed by atoms with Crippen LogP contribution in [0, 0.1) is 27.7 Å². The zero-order chi connectivity index (χ0) is 15.1. The highest BCUT2D eigenvalue weighted by atomic mass is 15.1. The van der Waals surface area contributed by atoms with Crippen LogP contribution < -0.4 is 5.46 Å². The number of hydrogen-bond donors (Lipinski definition) is 0. The van der Waals surface area contributed by atoms with Crippen molar-refractivity contribution in [2.45, 2.75) is 27.7 Å². The standard InChI is InChI=1S/C17H18BN3/c1-11-5-6-12(2)20(11)16-9-15(18)10-17(19-16)21-13(3)7-8-14(21)4/h5-10H,1-4H3. The first-order chi connectivity index (χ1) is 9.97. The highest BCUT2D eigenvalue weighted by molar-refractivity contribution is 6.32. The number of aryl methyl sites for hydroxylation is 4. The first-order valence-electron chi connectivity index (χ1n) is 7.05. The maximum Gasteiger partial charge on any atom is 0.138 e. The van der Waals surface area contributed by atoms with Crippen molar-refractivity contribution in [1.29, 1.82) is 0 Å². The van der Waals surface area contributed by atoms with Crippen LogP contribution in [-0.4, -0.2) is 22.0 Å². The van der Waals surface area contributed by atoms with Crippen molar-refractivity contribution in [2.75, 3.05) is 0 Å². The molecular formula is C17H18BN3. The normalized spacial score (nSPS) is 11.0. The Balaban J connectivity index is 2.23. The first kappa shape index (κ1) is 13.7. The Morgan fingerprint density at radius 2 is 1.05 bits per heavy atom. The van der Waals surface area contributed by atoms with E-state index in [0.29, 0.717) is 0 Å². The van der Waals surface area contributed by atoms with Gasteiger partial charge < -0.3 is 9.13 Å². The summed E-state index contributed by atoms with van der Waals surface area (Å²) in [6, 6.07) is 12.2. The molecule has 0 saturated carbocycles. The molecule has 0 aliphatic rings. The summed E-state index contributed by atoms with van der Waals surface area (Å²) in [6.07, 6.45) is 0. The van der Waals surface area contributed by atoms with E-state index in [1.807, 2.05) is 12.1 Å². The summed E-state index contributed by atoms with van der Waals surface area (Å²) >= 11 is 0. The molecule has 0 aromatic carbocycles. The molecule has 3 heterocycles. The molecule has 0 aliphatic carbocycles. The van der Waals surface area contributed by atoms with Crippen LogP contribution in [0.1, 0.15) is 22.8 Å². The molecule has 0 spiro atoms. The summed E-state index contributed by atoms with van der Waals surface area (Å²) in [5.41, 5.74) is 5.32. The van der Waals surface area contributed by atoms with Gasteiger partial charge in [-0.1, -0.05) is 5.46 Å². The fourth-order valence-electron chi connectivity index (χ4n) is 2.81. The monoisotopic (exact) mass is 275 g/mol. The van der Waals surface area contributed by atoms with Crippen LogP contribution in [0.3, 0.4) is 0 Å². The minimum absolute atomic E-state index is 0.718. The smallest absolute Gasteiger partial charge is 0.138 e. The lowest BCUT2D eigenvalue weighted by Crippen LogP contribution is -2.14. The van der Waals surface area contributed by atoms with Crippen molar-refractivity contribution in [3.8, 4) is 11.6 Å². The number of pyridine rings is 1. The minimum atomic E-state index is 0.718. The number of rotatable bonds is 2. The lowest BCUT2D eigenvalue weighted by molar-refractivity contribution is 0.876. The molecule has 0 atom stereocenters. The van der Waals surface area contributed by atoms with Gasteiger partial charge in [0.15, 0.2) is 0 Å². The molecule has 0 aliphatic heterocycles. The van der Waals surface area contributed by atoms with Gasteiger partial charge in [0.05, 0.1) is 0 Å². The summed E-state index contributed by atoms with van der Waals surface area (Å²) in [5.74, 6) is 1.72. The Kier molecular flexibility index (Phi) is 3.24. The van der Waals surface area contributed by atoms with E-state index < -0.39 is 0 Å². The Bertz CT molecular complexity index is 708. The van der Waals surface area contributed by atoms with Crippen LogP contribution in [0.4, 0.5) is 0 Å². The van der Waals surface area contributed by atoms with Gasteiger partial charge >= 0.3 is 0 Å². The summed E-state index contributed by atoms with van der Waals surface area (Å²) in [6.45, 7) is 8.29. The number of aromatic nitrogens is 3. The molecule has 0 bridgehead atoms. The lowest BCUT2D eigenvalue weighted by atomic mass is 9.97. The predicted octanol–water partition coefficient (Wildman–Crippen LogP) is 2.69. The molecule has 3 rings (SSSR count). The molecule has 0 unspecified atom stereocenters. The van der Waals surface area contributed by atoms with Crippen molar-refractivity contribution in [1.82, 2.24) is 14.1 Å². The van der Waals surface area contributed by atoms with E-state index >= 15 is 0 Å². The van der Waals surface area contributed by atoms with Crippen LogP contribution >= 0.6 is 0 Å². The SMILES string of the molecule is [B]c1cc(-n2c(C)ccc2C)nc(-n2c(C)ccc2C)c1. The van der Waals surface area contributed by atoms with E-state index in [9.17, 15) is 0 Å². The summed E-state index contributed by atoms with van der Waals surface area (Å²) in [5, 5.41) is 0. The zero-order valence-corrected chi connectivity index (χ0v) is 12.9. The molecule has 104 valence electrons. The van der Waals surface area contributed by atoms with E-state index in [2.05, 4.69) is 61.1 Å². The third kappa shape index (κ3) is 2.31. The maximum absolute atomic E-state index is 6.11. The average molecular weight is 275 g/mol. The molecular weight excluding hydrogens is 257 g/mol. The quantitative estimate of drug-likeness (QED) is 0.659. The van der Waals surface area contributed by atoms with Gasteiger partial charge in [-0.25, -0.2) is 4.98 Å². The van der Waals surface area contributed by atoms with Crippen LogP contribution in [0.15, 0.2) is 36.4 Å². The topological polar surface area (TPSA) is 22.8 Å². The molecule has 0 fully saturated rings. The summed E-state index contributed by atoms with van der Waals surface area (Å²) in [4.78, 5) is 4.81. The Morgan fingerprint density at radius 3 is 1.38 bits per heavy atom. The van der Waals surface area contributed by atoms with Crippen molar-refractivity contribution in [3.05, 3.63) is 59.2 Å². The van der Waals surface area contributed by atoms with E-state index in [-0.39, 0.29) is 0 Å². The zero-order valence-electron chi connectivity index (χ0n) is 12.9. The van der Waals surface area contributed by atoms with Gasteiger partial charge in [-0.15, -0.1) is 0 Å². The van der Waals surface area contributed by atoms with Crippen LogP contribution in [0.25, 0.3) is 11.6 Å². The lowest BCUT2D eigenvalue weighted by Gasteiger charge is -2.14. The highest BCUT2D eigenvalue weighted by Crippen LogP contribution is 2.18. The second-order valence-electron chi connectivity index (χ2n) is 5.52. The van der Waals surface area contributed by atoms with Gasteiger partial charge in [0, 0.05) is 22.8 Å². The third-order valence-corrected chi connectivity index (χ3v) is 3.82. The Hall–Kier alpha value is -2.23. The van der Waals surface area contributed by atoms with E-state index in [1.54, 1.807) is 0 Å². The average Bonchev–Trinajstić information content (AvgIpc) is 2.92. The summed E-state index contributed by atoms with van der Waals surface area (Å²) < 4.78 is 4.24. The van der Waals surface area contributed by atoms with Gasteiger partial charge in [0.1, 0.15) is 19.5 Å². The van der Waals surface area contributed by atoms with E-state index in [1.165, 1.54) is 0 Å². The van der Waals surface area contributed by atoms with E-state index in [0.717, 1.165) is 39.9 Å². The van der Waals surface area contributed by atoms with Crippen LogP contribution in [0.2, 0.25) is 0 Å². The molecule has 3 aromatic heterocycles. The largest absolute Gasteiger partial charge is 0.303 e. The van der Waals surface area contributed by atoms with Gasteiger partial charge in [0.25, 0.3) is 0 Å². The molecule has 3 nitrogen and oxygen atoms in total. The Labute approximate surface area is 126 Å². The maximum atomic E-state index is 6.11. The van der Waals surface area contributed by atoms with Gasteiger partial charge in [-0.05, 0) is 64.1 Å². The van der Waals surface area contributed by atoms with Gasteiger partial charge in [-0.3, -0.25) is 0 Å². The molecule has 3 aromatic rings. The number of nitrogens with zero attached hydrogens (tertiary/aromatic N) is 3. The molecule has 4 heteroatoms. The Morgan fingerprint density at radius 1 is 0.714 bits per heavy atom.